The molecule has 0 fully saturated rings. The lowest BCUT2D eigenvalue weighted by Crippen LogP contribution is -2.21. The first-order chi connectivity index (χ1) is 4.41. The maximum Gasteiger partial charge on any atom is 0.0590 e. The number of rotatable bonds is 6. The number of hydrogen-bond donors (Lipinski definition) is 1. The van der Waals surface area contributed by atoms with Crippen molar-refractivity contribution in [2.45, 2.75) is 6.92 Å². The highest BCUT2D eigenvalue weighted by atomic mass is 31.0. The van der Waals surface area contributed by atoms with Gasteiger partial charge in [0.1, 0.15) is 0 Å². The van der Waals surface area contributed by atoms with Crippen molar-refractivity contribution in [3.05, 3.63) is 0 Å². The lowest BCUT2D eigenvalue weighted by atomic mass is 10.6. The topological polar surface area (TPSA) is 21.3 Å². The molecule has 0 aromatic carbocycles. The molecule has 0 heterocycles. The molecule has 0 bridgehead atoms. The molecular formula is C6H16NOP. The molecule has 0 aliphatic carbocycles. The standard InChI is InChI=1S/C6H16NOP/c1-2-8-5-3-7-4-6-9/h7H,2-6,9H2,1H3. The molecule has 9 heavy (non-hydrogen) atoms. The molecule has 56 valence electrons. The zero-order chi connectivity index (χ0) is 6.95. The van der Waals surface area contributed by atoms with E-state index in [1.165, 1.54) is 0 Å². The summed E-state index contributed by atoms with van der Waals surface area (Å²) in [6, 6.07) is 0. The normalized spacial score (nSPS) is 10.0. The highest BCUT2D eigenvalue weighted by Gasteiger charge is 1.82. The van der Waals surface area contributed by atoms with Gasteiger partial charge < -0.3 is 10.1 Å². The Bertz CT molecular complexity index is 46.3. The van der Waals surface area contributed by atoms with E-state index in [1.54, 1.807) is 0 Å². The van der Waals surface area contributed by atoms with Crippen LogP contribution in [0.25, 0.3) is 0 Å². The molecule has 0 saturated carbocycles. The summed E-state index contributed by atoms with van der Waals surface area (Å²) in [5.41, 5.74) is 0. The maximum absolute atomic E-state index is 5.11. The Morgan fingerprint density at radius 2 is 2.22 bits per heavy atom. The Balaban J connectivity index is 2.60. The van der Waals surface area contributed by atoms with E-state index in [0.29, 0.717) is 0 Å². The first-order valence-electron chi connectivity index (χ1n) is 3.40. The van der Waals surface area contributed by atoms with Gasteiger partial charge in [-0.05, 0) is 19.6 Å². The van der Waals surface area contributed by atoms with Gasteiger partial charge in [-0.2, -0.15) is 0 Å². The summed E-state index contributed by atoms with van der Waals surface area (Å²) in [5, 5.41) is 3.22. The van der Waals surface area contributed by atoms with E-state index >= 15 is 0 Å². The Hall–Kier alpha value is 0.350. The van der Waals surface area contributed by atoms with Crippen LogP contribution in [0.15, 0.2) is 0 Å². The summed E-state index contributed by atoms with van der Waals surface area (Å²) in [5.74, 6) is 0. The van der Waals surface area contributed by atoms with E-state index in [9.17, 15) is 0 Å². The fraction of sp³-hybridized carbons (Fsp3) is 1.00. The van der Waals surface area contributed by atoms with Crippen LogP contribution in [-0.4, -0.2) is 32.5 Å². The lowest BCUT2D eigenvalue weighted by molar-refractivity contribution is 0.150. The second kappa shape index (κ2) is 8.35. The minimum Gasteiger partial charge on any atom is -0.380 e. The van der Waals surface area contributed by atoms with E-state index in [2.05, 4.69) is 14.6 Å². The number of ether oxygens (including phenoxy) is 1. The van der Waals surface area contributed by atoms with Crippen molar-refractivity contribution in [1.29, 1.82) is 0 Å². The molecule has 0 aromatic heterocycles. The molecule has 1 unspecified atom stereocenters. The molecular weight excluding hydrogens is 133 g/mol. The lowest BCUT2D eigenvalue weighted by Gasteiger charge is -2.01. The summed E-state index contributed by atoms with van der Waals surface area (Å²) in [6.07, 6.45) is 1.12. The molecule has 1 N–H and O–H groups in total. The van der Waals surface area contributed by atoms with E-state index < -0.39 is 0 Å². The van der Waals surface area contributed by atoms with Crippen LogP contribution in [0, 0.1) is 0 Å². The minimum absolute atomic E-state index is 0.822. The molecule has 0 aromatic rings. The predicted molar refractivity (Wildman–Crippen MR) is 43.9 cm³/mol. The van der Waals surface area contributed by atoms with Crippen LogP contribution in [0.1, 0.15) is 6.92 Å². The third kappa shape index (κ3) is 8.35. The molecule has 1 atom stereocenters. The Morgan fingerprint density at radius 3 is 2.78 bits per heavy atom. The first-order valence-corrected chi connectivity index (χ1v) is 4.22. The molecule has 2 nitrogen and oxygen atoms in total. The second-order valence-electron chi connectivity index (χ2n) is 1.74. The quantitative estimate of drug-likeness (QED) is 0.438. The van der Waals surface area contributed by atoms with Gasteiger partial charge in [-0.25, -0.2) is 0 Å². The molecule has 0 saturated heterocycles. The van der Waals surface area contributed by atoms with Crippen molar-refractivity contribution in [1.82, 2.24) is 5.32 Å². The Morgan fingerprint density at radius 1 is 1.44 bits per heavy atom. The largest absolute Gasteiger partial charge is 0.380 e. The molecule has 0 aliphatic rings. The van der Waals surface area contributed by atoms with Crippen LogP contribution < -0.4 is 5.32 Å². The summed E-state index contributed by atoms with van der Waals surface area (Å²) < 4.78 is 5.11. The Kier molecular flexibility index (Phi) is 8.67. The molecule has 0 spiro atoms. The average Bonchev–Trinajstić information content (AvgIpc) is 1.89. The summed E-state index contributed by atoms with van der Waals surface area (Å²) >= 11 is 0. The molecule has 0 rings (SSSR count). The van der Waals surface area contributed by atoms with Gasteiger partial charge in [0.05, 0.1) is 6.61 Å². The maximum atomic E-state index is 5.11. The van der Waals surface area contributed by atoms with E-state index in [0.717, 1.165) is 32.5 Å². The summed E-state index contributed by atoms with van der Waals surface area (Å²) in [6.45, 7) is 5.71. The van der Waals surface area contributed by atoms with Crippen molar-refractivity contribution >= 4 is 9.24 Å². The molecule has 3 heteroatoms. The fourth-order valence-corrected chi connectivity index (χ4v) is 0.720. The zero-order valence-corrected chi connectivity index (χ0v) is 7.18. The van der Waals surface area contributed by atoms with Crippen LogP contribution >= 0.6 is 9.24 Å². The van der Waals surface area contributed by atoms with Gasteiger partial charge in [0.25, 0.3) is 0 Å². The van der Waals surface area contributed by atoms with Gasteiger partial charge >= 0.3 is 0 Å². The van der Waals surface area contributed by atoms with E-state index in [4.69, 9.17) is 4.74 Å². The number of hydrogen-bond acceptors (Lipinski definition) is 2. The van der Waals surface area contributed by atoms with Gasteiger partial charge in [0, 0.05) is 13.2 Å². The molecule has 0 radical (unpaired) electrons. The third-order valence-corrected chi connectivity index (χ3v) is 1.24. The second-order valence-corrected chi connectivity index (χ2v) is 2.31. The summed E-state index contributed by atoms with van der Waals surface area (Å²) in [7, 11) is 2.67. The van der Waals surface area contributed by atoms with Gasteiger partial charge in [-0.3, -0.25) is 0 Å². The van der Waals surface area contributed by atoms with Crippen molar-refractivity contribution in [2.75, 3.05) is 32.5 Å². The summed E-state index contributed by atoms with van der Waals surface area (Å²) in [4.78, 5) is 0. The third-order valence-electron chi connectivity index (χ3n) is 0.948. The van der Waals surface area contributed by atoms with Gasteiger partial charge in [-0.1, -0.05) is 0 Å². The predicted octanol–water partition coefficient (Wildman–Crippen LogP) is 0.488. The van der Waals surface area contributed by atoms with Crippen LogP contribution in [0.5, 0.6) is 0 Å². The molecule has 0 amide bonds. The minimum atomic E-state index is 0.822. The van der Waals surface area contributed by atoms with Crippen molar-refractivity contribution in [3.8, 4) is 0 Å². The van der Waals surface area contributed by atoms with Crippen LogP contribution in [0.3, 0.4) is 0 Å². The van der Waals surface area contributed by atoms with Crippen molar-refractivity contribution in [3.63, 3.8) is 0 Å². The number of nitrogens with one attached hydrogen (secondary N) is 1. The highest BCUT2D eigenvalue weighted by Crippen LogP contribution is 1.75. The van der Waals surface area contributed by atoms with Crippen molar-refractivity contribution < 1.29 is 4.74 Å². The molecule has 0 aliphatic heterocycles. The van der Waals surface area contributed by atoms with Gasteiger partial charge in [0.2, 0.25) is 0 Å². The van der Waals surface area contributed by atoms with Gasteiger partial charge in [-0.15, -0.1) is 9.24 Å². The van der Waals surface area contributed by atoms with E-state index in [1.807, 2.05) is 6.92 Å². The van der Waals surface area contributed by atoms with Gasteiger partial charge in [0.15, 0.2) is 0 Å². The van der Waals surface area contributed by atoms with Crippen molar-refractivity contribution in [2.24, 2.45) is 0 Å². The highest BCUT2D eigenvalue weighted by molar-refractivity contribution is 7.16. The van der Waals surface area contributed by atoms with Crippen LogP contribution in [0.2, 0.25) is 0 Å². The fourth-order valence-electron chi connectivity index (χ4n) is 0.516. The van der Waals surface area contributed by atoms with Crippen LogP contribution in [0.4, 0.5) is 0 Å². The monoisotopic (exact) mass is 149 g/mol. The average molecular weight is 149 g/mol. The van der Waals surface area contributed by atoms with Crippen LogP contribution in [-0.2, 0) is 4.74 Å². The SMILES string of the molecule is CCOCCNCCP. The first kappa shape index (κ1) is 9.35. The zero-order valence-electron chi connectivity index (χ0n) is 6.02. The Labute approximate surface area is 59.6 Å². The van der Waals surface area contributed by atoms with E-state index in [-0.39, 0.29) is 0 Å². The smallest absolute Gasteiger partial charge is 0.0590 e.